The third kappa shape index (κ3) is 2.85. The van der Waals surface area contributed by atoms with Crippen LogP contribution >= 0.6 is 23.4 Å². The molecule has 0 aliphatic carbocycles. The highest BCUT2D eigenvalue weighted by Crippen LogP contribution is 2.45. The van der Waals surface area contributed by atoms with Crippen LogP contribution in [0.2, 0.25) is 5.02 Å². The minimum Gasteiger partial charge on any atom is -0.325 e. The lowest BCUT2D eigenvalue weighted by atomic mass is 10.1. The molecule has 2 aromatic heterocycles. The Labute approximate surface area is 175 Å². The fourth-order valence-corrected chi connectivity index (χ4v) is 5.43. The van der Waals surface area contributed by atoms with Gasteiger partial charge in [0.05, 0.1) is 49.8 Å². The Morgan fingerprint density at radius 1 is 1.23 bits per heavy atom. The molecule has 4 aromatic rings. The minimum atomic E-state index is -4.73. The van der Waals surface area contributed by atoms with Gasteiger partial charge >= 0.3 is 11.9 Å². The summed E-state index contributed by atoms with van der Waals surface area (Å²) >= 11 is 7.23. The van der Waals surface area contributed by atoms with E-state index in [1.54, 1.807) is 6.33 Å². The predicted octanol–water partition coefficient (Wildman–Crippen LogP) is 4.06. The Morgan fingerprint density at radius 2 is 2.00 bits per heavy atom. The van der Waals surface area contributed by atoms with Gasteiger partial charge in [-0.2, -0.15) is 13.2 Å². The van der Waals surface area contributed by atoms with E-state index in [-0.39, 0.29) is 28.4 Å². The summed E-state index contributed by atoms with van der Waals surface area (Å²) in [7, 11) is 0. The number of benzene rings is 2. The first-order chi connectivity index (χ1) is 14.3. The van der Waals surface area contributed by atoms with Crippen molar-refractivity contribution >= 4 is 45.3 Å². The number of aromatic nitrogens is 4. The van der Waals surface area contributed by atoms with E-state index < -0.39 is 28.0 Å². The van der Waals surface area contributed by atoms with Crippen molar-refractivity contribution in [2.45, 2.75) is 23.7 Å². The molecule has 1 aliphatic heterocycles. The average Bonchev–Trinajstić information content (AvgIpc) is 3.00. The number of rotatable bonds is 1. The molecule has 11 heteroatoms. The first kappa shape index (κ1) is 19.3. The fourth-order valence-electron chi connectivity index (χ4n) is 3.79. The molecule has 6 nitrogen and oxygen atoms in total. The van der Waals surface area contributed by atoms with Gasteiger partial charge in [0.25, 0.3) is 5.56 Å². The normalized spacial score (nSPS) is 16.9. The van der Waals surface area contributed by atoms with Crippen LogP contribution in [0.5, 0.6) is 0 Å². The molecule has 0 fully saturated rings. The van der Waals surface area contributed by atoms with E-state index >= 15 is 0 Å². The van der Waals surface area contributed by atoms with E-state index in [4.69, 9.17) is 11.6 Å². The summed E-state index contributed by atoms with van der Waals surface area (Å²) in [6, 6.07) is 7.85. The zero-order valence-corrected chi connectivity index (χ0v) is 16.6. The Bertz CT molecular complexity index is 1440. The number of nitrogens with zero attached hydrogens (tertiary/aromatic N) is 3. The van der Waals surface area contributed by atoms with Gasteiger partial charge in [0, 0.05) is 12.3 Å². The van der Waals surface area contributed by atoms with Crippen LogP contribution in [0.25, 0.3) is 21.9 Å². The molecule has 0 spiro atoms. The van der Waals surface area contributed by atoms with Gasteiger partial charge in [0.15, 0.2) is 0 Å². The number of fused-ring (bicyclic) bond motifs is 1. The first-order valence-electron chi connectivity index (χ1n) is 8.86. The summed E-state index contributed by atoms with van der Waals surface area (Å²) in [5.41, 5.74) is -0.936. The maximum atomic E-state index is 13.5. The van der Waals surface area contributed by atoms with E-state index in [9.17, 15) is 22.8 Å². The Morgan fingerprint density at radius 3 is 2.77 bits per heavy atom. The quantitative estimate of drug-likeness (QED) is 0.473. The number of para-hydroxylation sites is 2. The molecule has 3 heterocycles. The highest BCUT2D eigenvalue weighted by Gasteiger charge is 2.37. The van der Waals surface area contributed by atoms with E-state index in [0.29, 0.717) is 11.8 Å². The molecule has 5 rings (SSSR count). The monoisotopic (exact) mass is 452 g/mol. The van der Waals surface area contributed by atoms with Crippen molar-refractivity contribution in [1.82, 2.24) is 19.1 Å². The van der Waals surface area contributed by atoms with E-state index in [0.717, 1.165) is 22.8 Å². The SMILES string of the molecule is O=c1[nH]c(=O)n2c3c(c(Cl)c(C(F)(F)F)cc13)SC[C@@H](n1cnc3ccccc31)C2. The highest BCUT2D eigenvalue weighted by atomic mass is 35.5. The molecule has 154 valence electrons. The number of nitrogens with one attached hydrogen (secondary N) is 1. The van der Waals surface area contributed by atoms with Crippen LogP contribution < -0.4 is 11.2 Å². The number of imidazole rings is 1. The van der Waals surface area contributed by atoms with Crippen LogP contribution in [0.1, 0.15) is 11.6 Å². The Hall–Kier alpha value is -2.72. The molecule has 0 saturated heterocycles. The van der Waals surface area contributed by atoms with Gasteiger partial charge in [-0.3, -0.25) is 14.3 Å². The van der Waals surface area contributed by atoms with Gasteiger partial charge < -0.3 is 4.57 Å². The maximum absolute atomic E-state index is 13.5. The predicted molar refractivity (Wildman–Crippen MR) is 108 cm³/mol. The average molecular weight is 453 g/mol. The second kappa shape index (κ2) is 6.64. The van der Waals surface area contributed by atoms with E-state index in [1.807, 2.05) is 28.8 Å². The van der Waals surface area contributed by atoms with Gasteiger partial charge in [0.2, 0.25) is 0 Å². The number of alkyl halides is 3. The van der Waals surface area contributed by atoms with Crippen LogP contribution in [-0.2, 0) is 12.7 Å². The van der Waals surface area contributed by atoms with Gasteiger partial charge in [-0.1, -0.05) is 23.7 Å². The molecule has 0 amide bonds. The largest absolute Gasteiger partial charge is 0.417 e. The number of H-pyrrole nitrogens is 1. The molecule has 2 aromatic carbocycles. The number of hydrogen-bond acceptors (Lipinski definition) is 4. The second-order valence-electron chi connectivity index (χ2n) is 6.94. The third-order valence-electron chi connectivity index (χ3n) is 5.17. The highest BCUT2D eigenvalue weighted by molar-refractivity contribution is 7.99. The summed E-state index contributed by atoms with van der Waals surface area (Å²) in [5, 5.41) is -0.722. The Kier molecular flexibility index (Phi) is 4.26. The van der Waals surface area contributed by atoms with Crippen LogP contribution in [0.3, 0.4) is 0 Å². The zero-order valence-electron chi connectivity index (χ0n) is 15.0. The van der Waals surface area contributed by atoms with Crippen LogP contribution in [0.15, 0.2) is 51.1 Å². The maximum Gasteiger partial charge on any atom is 0.417 e. The van der Waals surface area contributed by atoms with Crippen molar-refractivity contribution in [3.05, 3.63) is 68.1 Å². The summed E-state index contributed by atoms with van der Waals surface area (Å²) in [5.74, 6) is 0.339. The number of halogens is 4. The molecular weight excluding hydrogens is 441 g/mol. The van der Waals surface area contributed by atoms with Crippen LogP contribution in [-0.4, -0.2) is 24.9 Å². The lowest BCUT2D eigenvalue weighted by Crippen LogP contribution is -2.33. The minimum absolute atomic E-state index is 0.0802. The molecule has 1 aliphatic rings. The topological polar surface area (TPSA) is 72.7 Å². The number of aromatic amines is 1. The summed E-state index contributed by atoms with van der Waals surface area (Å²) in [4.78, 5) is 31.5. The van der Waals surface area contributed by atoms with Crippen LogP contribution in [0.4, 0.5) is 13.2 Å². The summed E-state index contributed by atoms with van der Waals surface area (Å²) < 4.78 is 43.7. The summed E-state index contributed by atoms with van der Waals surface area (Å²) in [6.07, 6.45) is -3.09. The Balaban J connectivity index is 1.76. The first-order valence-corrected chi connectivity index (χ1v) is 10.2. The number of thioether (sulfide) groups is 1. The van der Waals surface area contributed by atoms with Crippen molar-refractivity contribution in [2.75, 3.05) is 5.75 Å². The van der Waals surface area contributed by atoms with Crippen molar-refractivity contribution in [2.24, 2.45) is 0 Å². The molecular formula is C19H12ClF3N4O2S. The molecule has 0 radical (unpaired) electrons. The van der Waals surface area contributed by atoms with Crippen molar-refractivity contribution < 1.29 is 13.2 Å². The second-order valence-corrected chi connectivity index (χ2v) is 8.34. The van der Waals surface area contributed by atoms with Crippen molar-refractivity contribution in [1.29, 1.82) is 0 Å². The molecule has 0 saturated carbocycles. The van der Waals surface area contributed by atoms with E-state index in [1.165, 1.54) is 4.57 Å². The smallest absolute Gasteiger partial charge is 0.325 e. The van der Waals surface area contributed by atoms with E-state index in [2.05, 4.69) is 9.97 Å². The van der Waals surface area contributed by atoms with Crippen molar-refractivity contribution in [3.8, 4) is 0 Å². The van der Waals surface area contributed by atoms with Gasteiger partial charge in [0.1, 0.15) is 0 Å². The molecule has 0 bridgehead atoms. The van der Waals surface area contributed by atoms with Crippen LogP contribution in [0, 0.1) is 0 Å². The van der Waals surface area contributed by atoms with Crippen molar-refractivity contribution in [3.63, 3.8) is 0 Å². The molecule has 0 unspecified atom stereocenters. The zero-order chi connectivity index (χ0) is 21.2. The molecule has 1 N–H and O–H groups in total. The lowest BCUT2D eigenvalue weighted by molar-refractivity contribution is -0.137. The molecule has 1 atom stereocenters. The summed E-state index contributed by atoms with van der Waals surface area (Å²) in [6.45, 7) is 0.147. The fraction of sp³-hybridized carbons (Fsp3) is 0.211. The molecule has 30 heavy (non-hydrogen) atoms. The third-order valence-corrected chi connectivity index (χ3v) is 6.91. The standard InChI is InChI=1S/C19H12ClF3N4O2S/c20-14-11(19(21,22)23)5-10-15-16(14)30-7-9(6-26(15)18(29)25-17(10)28)27-8-24-12-3-1-2-4-13(12)27/h1-5,8-9H,6-7H2,(H,25,28,29)/t9-/m0/s1. The van der Waals surface area contributed by atoms with Gasteiger partial charge in [-0.05, 0) is 18.2 Å². The number of hydrogen-bond donors (Lipinski definition) is 1. The van der Waals surface area contributed by atoms with Gasteiger partial charge in [-0.25, -0.2) is 9.78 Å². The lowest BCUT2D eigenvalue weighted by Gasteiger charge is -2.18. The van der Waals surface area contributed by atoms with Gasteiger partial charge in [-0.15, -0.1) is 11.8 Å².